The molecule has 0 aromatic heterocycles. The van der Waals surface area contributed by atoms with Gasteiger partial charge in [0.05, 0.1) is 6.26 Å². The molecule has 1 N–H and O–H groups in total. The van der Waals surface area contributed by atoms with Crippen LogP contribution in [0.15, 0.2) is 18.2 Å². The van der Waals surface area contributed by atoms with Crippen LogP contribution in [-0.2, 0) is 16.6 Å². The van der Waals surface area contributed by atoms with E-state index in [1.807, 2.05) is 6.92 Å². The molecule has 7 heteroatoms. The molecular weight excluding hydrogens is 298 g/mol. The molecule has 0 aliphatic carbocycles. The number of nitrogens with one attached hydrogen (secondary N) is 1. The molecule has 2 rings (SSSR count). The third-order valence-corrected chi connectivity index (χ3v) is 5.18. The normalized spacial score (nSPS) is 24.2. The summed E-state index contributed by atoms with van der Waals surface area (Å²) in [6.45, 7) is 3.20. The van der Waals surface area contributed by atoms with Gasteiger partial charge in [0, 0.05) is 37.3 Å². The van der Waals surface area contributed by atoms with Crippen molar-refractivity contribution in [3.63, 3.8) is 0 Å². The number of halogens is 2. The van der Waals surface area contributed by atoms with E-state index in [2.05, 4.69) is 5.32 Å². The van der Waals surface area contributed by atoms with Crippen molar-refractivity contribution >= 4 is 10.0 Å². The molecule has 1 heterocycles. The van der Waals surface area contributed by atoms with Gasteiger partial charge in [0.1, 0.15) is 11.6 Å². The lowest BCUT2D eigenvalue weighted by atomic mass is 9.95. The minimum absolute atomic E-state index is 0.118. The van der Waals surface area contributed by atoms with E-state index in [4.69, 9.17) is 0 Å². The van der Waals surface area contributed by atoms with Gasteiger partial charge in [-0.1, -0.05) is 13.0 Å². The van der Waals surface area contributed by atoms with Gasteiger partial charge in [0.15, 0.2) is 0 Å². The van der Waals surface area contributed by atoms with Crippen molar-refractivity contribution in [2.24, 2.45) is 5.92 Å². The molecule has 4 nitrogen and oxygen atoms in total. The minimum atomic E-state index is -3.16. The number of sulfonamides is 1. The summed E-state index contributed by atoms with van der Waals surface area (Å²) in [4.78, 5) is 0. The van der Waals surface area contributed by atoms with Crippen LogP contribution in [-0.4, -0.2) is 38.1 Å². The van der Waals surface area contributed by atoms with E-state index in [0.717, 1.165) is 6.07 Å². The van der Waals surface area contributed by atoms with Crippen LogP contribution in [0, 0.1) is 17.6 Å². The molecule has 118 valence electrons. The molecule has 0 saturated carbocycles. The van der Waals surface area contributed by atoms with Gasteiger partial charge < -0.3 is 5.32 Å². The van der Waals surface area contributed by atoms with Crippen LogP contribution in [0.1, 0.15) is 18.9 Å². The molecule has 1 aliphatic heterocycles. The first-order valence-corrected chi connectivity index (χ1v) is 8.74. The average molecular weight is 318 g/mol. The molecule has 1 saturated heterocycles. The standard InChI is InChI=1S/C14H20F2N2O2S/c1-10-9-18(21(2,19)20)6-5-14(10)17-8-11-3-4-12(15)7-13(11)16/h3-4,7,10,14,17H,5-6,8-9H2,1-2H3/t10-,14-/m0/s1. The predicted molar refractivity (Wildman–Crippen MR) is 77.2 cm³/mol. The maximum Gasteiger partial charge on any atom is 0.211 e. The van der Waals surface area contributed by atoms with Gasteiger partial charge in [-0.3, -0.25) is 0 Å². The molecule has 1 aromatic rings. The maximum atomic E-state index is 13.6. The summed E-state index contributed by atoms with van der Waals surface area (Å²) in [5.74, 6) is -1.02. The quantitative estimate of drug-likeness (QED) is 0.920. The van der Waals surface area contributed by atoms with Crippen molar-refractivity contribution in [1.82, 2.24) is 9.62 Å². The van der Waals surface area contributed by atoms with Gasteiger partial charge in [-0.15, -0.1) is 0 Å². The minimum Gasteiger partial charge on any atom is -0.309 e. The highest BCUT2D eigenvalue weighted by Gasteiger charge is 2.30. The lowest BCUT2D eigenvalue weighted by Gasteiger charge is -2.36. The summed E-state index contributed by atoms with van der Waals surface area (Å²) in [5, 5.41) is 3.24. The highest BCUT2D eigenvalue weighted by Crippen LogP contribution is 2.20. The monoisotopic (exact) mass is 318 g/mol. The predicted octanol–water partition coefficient (Wildman–Crippen LogP) is 1.72. The zero-order chi connectivity index (χ0) is 15.6. The van der Waals surface area contributed by atoms with Crippen molar-refractivity contribution in [1.29, 1.82) is 0 Å². The second kappa shape index (κ2) is 6.37. The van der Waals surface area contributed by atoms with E-state index < -0.39 is 21.7 Å². The van der Waals surface area contributed by atoms with E-state index >= 15 is 0 Å². The zero-order valence-corrected chi connectivity index (χ0v) is 13.0. The molecule has 21 heavy (non-hydrogen) atoms. The fourth-order valence-corrected chi connectivity index (χ4v) is 3.56. The number of nitrogens with zero attached hydrogens (tertiary/aromatic N) is 1. The highest BCUT2D eigenvalue weighted by molar-refractivity contribution is 7.88. The molecule has 1 aliphatic rings. The van der Waals surface area contributed by atoms with E-state index in [-0.39, 0.29) is 12.0 Å². The van der Waals surface area contributed by atoms with Crippen LogP contribution in [0.5, 0.6) is 0 Å². The summed E-state index contributed by atoms with van der Waals surface area (Å²) >= 11 is 0. The Hall–Kier alpha value is -1.05. The third kappa shape index (κ3) is 4.21. The first-order valence-electron chi connectivity index (χ1n) is 6.90. The largest absolute Gasteiger partial charge is 0.309 e. The van der Waals surface area contributed by atoms with E-state index in [0.29, 0.717) is 31.6 Å². The van der Waals surface area contributed by atoms with Crippen LogP contribution in [0.25, 0.3) is 0 Å². The zero-order valence-electron chi connectivity index (χ0n) is 12.1. The SMILES string of the molecule is C[C@H]1CN(S(C)(=O)=O)CC[C@@H]1NCc1ccc(F)cc1F. The smallest absolute Gasteiger partial charge is 0.211 e. The van der Waals surface area contributed by atoms with Crippen LogP contribution < -0.4 is 5.32 Å². The van der Waals surface area contributed by atoms with E-state index in [9.17, 15) is 17.2 Å². The van der Waals surface area contributed by atoms with Gasteiger partial charge in [0.25, 0.3) is 0 Å². The lowest BCUT2D eigenvalue weighted by molar-refractivity contribution is 0.219. The summed E-state index contributed by atoms with van der Waals surface area (Å²) in [7, 11) is -3.16. The first kappa shape index (κ1) is 16.3. The third-order valence-electron chi connectivity index (χ3n) is 3.91. The summed E-state index contributed by atoms with van der Waals surface area (Å²) in [6.07, 6.45) is 1.89. The molecule has 2 atom stereocenters. The Balaban J connectivity index is 1.93. The van der Waals surface area contributed by atoms with Crippen molar-refractivity contribution in [2.45, 2.75) is 25.9 Å². The Morgan fingerprint density at radius 1 is 1.38 bits per heavy atom. The Morgan fingerprint density at radius 3 is 2.67 bits per heavy atom. The molecule has 0 radical (unpaired) electrons. The average Bonchev–Trinajstić information content (AvgIpc) is 2.38. The highest BCUT2D eigenvalue weighted by atomic mass is 32.2. The van der Waals surface area contributed by atoms with Crippen molar-refractivity contribution in [3.05, 3.63) is 35.4 Å². The van der Waals surface area contributed by atoms with Gasteiger partial charge >= 0.3 is 0 Å². The maximum absolute atomic E-state index is 13.6. The molecule has 1 aromatic carbocycles. The fourth-order valence-electron chi connectivity index (χ4n) is 2.62. The van der Waals surface area contributed by atoms with Crippen LogP contribution in [0.2, 0.25) is 0 Å². The van der Waals surface area contributed by atoms with E-state index in [1.165, 1.54) is 22.7 Å². The first-order chi connectivity index (χ1) is 9.77. The Kier molecular flexibility index (Phi) is 4.95. The molecule has 0 amide bonds. The topological polar surface area (TPSA) is 49.4 Å². The second-order valence-corrected chi connectivity index (χ2v) is 7.59. The number of hydrogen-bond donors (Lipinski definition) is 1. The summed E-state index contributed by atoms with van der Waals surface area (Å²) < 4.78 is 50.9. The van der Waals surface area contributed by atoms with Crippen LogP contribution in [0.4, 0.5) is 8.78 Å². The number of piperidine rings is 1. The van der Waals surface area contributed by atoms with Gasteiger partial charge in [-0.05, 0) is 18.4 Å². The molecule has 0 unspecified atom stereocenters. The lowest BCUT2D eigenvalue weighted by Crippen LogP contribution is -2.49. The van der Waals surface area contributed by atoms with Gasteiger partial charge in [-0.2, -0.15) is 0 Å². The summed E-state index contributed by atoms with van der Waals surface area (Å²) in [5.41, 5.74) is 0.411. The van der Waals surface area contributed by atoms with Gasteiger partial charge in [0.2, 0.25) is 10.0 Å². The Labute approximate surface area is 124 Å². The molecular formula is C14H20F2N2O2S. The second-order valence-electron chi connectivity index (χ2n) is 5.61. The van der Waals surface area contributed by atoms with Crippen molar-refractivity contribution in [3.8, 4) is 0 Å². The van der Waals surface area contributed by atoms with Crippen molar-refractivity contribution in [2.75, 3.05) is 19.3 Å². The van der Waals surface area contributed by atoms with E-state index in [1.54, 1.807) is 0 Å². The summed E-state index contributed by atoms with van der Waals surface area (Å²) in [6, 6.07) is 3.64. The fraction of sp³-hybridized carbons (Fsp3) is 0.571. The molecule has 1 fully saturated rings. The van der Waals surface area contributed by atoms with Crippen LogP contribution in [0.3, 0.4) is 0 Å². The number of benzene rings is 1. The van der Waals surface area contributed by atoms with Crippen molar-refractivity contribution < 1.29 is 17.2 Å². The Morgan fingerprint density at radius 2 is 2.10 bits per heavy atom. The Bertz CT molecular complexity index is 607. The number of rotatable bonds is 4. The van der Waals surface area contributed by atoms with Gasteiger partial charge in [-0.25, -0.2) is 21.5 Å². The molecule has 0 spiro atoms. The van der Waals surface area contributed by atoms with Crippen LogP contribution >= 0.6 is 0 Å². The molecule has 0 bridgehead atoms. The number of hydrogen-bond acceptors (Lipinski definition) is 3.